The predicted octanol–water partition coefficient (Wildman–Crippen LogP) is 3.12. The van der Waals surface area contributed by atoms with Gasteiger partial charge in [-0.25, -0.2) is 0 Å². The van der Waals surface area contributed by atoms with Crippen LogP contribution in [-0.2, 0) is 16.0 Å². The molecule has 3 rings (SSSR count). The van der Waals surface area contributed by atoms with Gasteiger partial charge in [0.05, 0.1) is 30.2 Å². The van der Waals surface area contributed by atoms with Gasteiger partial charge < -0.3 is 19.6 Å². The van der Waals surface area contributed by atoms with Gasteiger partial charge in [0, 0.05) is 13.1 Å². The number of morpholine rings is 1. The lowest BCUT2D eigenvalue weighted by Crippen LogP contribution is -2.51. The van der Waals surface area contributed by atoms with E-state index in [4.69, 9.17) is 16.3 Å². The lowest BCUT2D eigenvalue weighted by atomic mass is 9.96. The van der Waals surface area contributed by atoms with E-state index in [1.54, 1.807) is 12.1 Å². The number of benzene rings is 2. The molecule has 27 heavy (non-hydrogen) atoms. The van der Waals surface area contributed by atoms with Crippen LogP contribution in [0.4, 0.5) is 0 Å². The van der Waals surface area contributed by atoms with Gasteiger partial charge >= 0.3 is 0 Å². The van der Waals surface area contributed by atoms with E-state index in [-0.39, 0.29) is 35.2 Å². The Labute approximate surface area is 165 Å². The van der Waals surface area contributed by atoms with Crippen molar-refractivity contribution in [3.63, 3.8) is 0 Å². The van der Waals surface area contributed by atoms with Crippen molar-refractivity contribution in [1.29, 1.82) is 0 Å². The van der Waals surface area contributed by atoms with Gasteiger partial charge in [-0.2, -0.15) is 0 Å². The summed E-state index contributed by atoms with van der Waals surface area (Å²) in [6.07, 6.45) is 0.140. The van der Waals surface area contributed by atoms with E-state index in [2.05, 4.69) is 4.90 Å². The van der Waals surface area contributed by atoms with Crippen molar-refractivity contribution in [2.75, 3.05) is 33.8 Å². The van der Waals surface area contributed by atoms with Crippen molar-refractivity contribution in [2.45, 2.75) is 18.6 Å². The molecule has 5 nitrogen and oxygen atoms in total. The molecule has 2 aromatic rings. The van der Waals surface area contributed by atoms with Crippen LogP contribution >= 0.6 is 11.6 Å². The van der Waals surface area contributed by atoms with Crippen LogP contribution in [0.1, 0.15) is 17.2 Å². The van der Waals surface area contributed by atoms with Crippen LogP contribution in [-0.4, -0.2) is 60.7 Å². The number of ether oxygens (including phenoxy) is 1. The Morgan fingerprint density at radius 2 is 2.00 bits per heavy atom. The number of amides is 1. The van der Waals surface area contributed by atoms with E-state index in [0.29, 0.717) is 13.2 Å². The fourth-order valence-corrected chi connectivity index (χ4v) is 3.71. The smallest absolute Gasteiger partial charge is 0.227 e. The summed E-state index contributed by atoms with van der Waals surface area (Å²) in [6.45, 7) is 1.80. The predicted molar refractivity (Wildman–Crippen MR) is 106 cm³/mol. The summed E-state index contributed by atoms with van der Waals surface area (Å²) in [7, 11) is 4.01. The Balaban J connectivity index is 1.85. The third-order valence-corrected chi connectivity index (χ3v) is 5.03. The van der Waals surface area contributed by atoms with Gasteiger partial charge in [-0.1, -0.05) is 48.0 Å². The molecule has 1 amide bonds. The average Bonchev–Trinajstić information content (AvgIpc) is 2.65. The maximum Gasteiger partial charge on any atom is 0.227 e. The van der Waals surface area contributed by atoms with Crippen molar-refractivity contribution in [3.05, 3.63) is 64.7 Å². The fraction of sp³-hybridized carbons (Fsp3) is 0.381. The molecule has 0 bridgehead atoms. The van der Waals surface area contributed by atoms with Crippen LogP contribution in [0.5, 0.6) is 5.75 Å². The van der Waals surface area contributed by atoms with Crippen molar-refractivity contribution in [1.82, 2.24) is 9.80 Å². The molecule has 0 aliphatic carbocycles. The first-order valence-corrected chi connectivity index (χ1v) is 9.41. The molecule has 0 aromatic heterocycles. The first-order valence-electron chi connectivity index (χ1n) is 9.04. The molecular formula is C21H25ClN2O3. The number of carbonyl (C=O) groups excluding carboxylic acids is 1. The Hall–Kier alpha value is -2.08. The Kier molecular flexibility index (Phi) is 6.37. The molecule has 1 aliphatic rings. The molecule has 1 heterocycles. The number of phenols is 1. The molecule has 1 fully saturated rings. The summed E-state index contributed by atoms with van der Waals surface area (Å²) in [5, 5.41) is 9.84. The van der Waals surface area contributed by atoms with Crippen LogP contribution in [0.2, 0.25) is 5.02 Å². The van der Waals surface area contributed by atoms with Crippen LogP contribution < -0.4 is 0 Å². The molecule has 0 unspecified atom stereocenters. The summed E-state index contributed by atoms with van der Waals surface area (Å²) >= 11 is 5.99. The number of hydrogen-bond donors (Lipinski definition) is 1. The highest BCUT2D eigenvalue weighted by molar-refractivity contribution is 6.32. The van der Waals surface area contributed by atoms with Gasteiger partial charge in [0.1, 0.15) is 5.75 Å². The third kappa shape index (κ3) is 4.80. The number of hydrogen-bond acceptors (Lipinski definition) is 4. The number of likely N-dealkylation sites (N-methyl/N-ethyl adjacent to an activating group) is 1. The molecule has 6 heteroatoms. The number of phenolic OH excluding ortho intramolecular Hbond substituents is 1. The molecule has 0 spiro atoms. The second kappa shape index (κ2) is 8.74. The summed E-state index contributed by atoms with van der Waals surface area (Å²) in [5.74, 6) is 0.0464. The average molecular weight is 389 g/mol. The van der Waals surface area contributed by atoms with Crippen molar-refractivity contribution in [3.8, 4) is 5.75 Å². The second-order valence-electron chi connectivity index (χ2n) is 7.08. The summed E-state index contributed by atoms with van der Waals surface area (Å²) in [6, 6.07) is 14.8. The van der Waals surface area contributed by atoms with Crippen LogP contribution in [0.25, 0.3) is 0 Å². The van der Waals surface area contributed by atoms with E-state index in [0.717, 1.165) is 17.7 Å². The highest BCUT2D eigenvalue weighted by atomic mass is 35.5. The van der Waals surface area contributed by atoms with Crippen molar-refractivity contribution in [2.24, 2.45) is 0 Å². The van der Waals surface area contributed by atoms with Crippen molar-refractivity contribution < 1.29 is 14.6 Å². The van der Waals surface area contributed by atoms with Gasteiger partial charge in [-0.15, -0.1) is 0 Å². The van der Waals surface area contributed by atoms with Gasteiger partial charge in [0.15, 0.2) is 0 Å². The van der Waals surface area contributed by atoms with E-state index < -0.39 is 0 Å². The maximum atomic E-state index is 13.1. The normalized spacial score (nSPS) is 20.1. The molecule has 1 N–H and O–H groups in total. The second-order valence-corrected chi connectivity index (χ2v) is 7.48. The zero-order chi connectivity index (χ0) is 19.4. The number of nitrogens with zero attached hydrogens (tertiary/aromatic N) is 2. The standard InChI is InChI=1S/C21H25ClN2O3/c1-23(2)14-19-21(16-6-4-3-5-7-16)24(10-11-27-19)20(26)13-15-8-9-18(25)17(22)12-15/h3-9,12,19,21,25H,10-11,13-14H2,1-2H3/t19-,21-/m0/s1. The minimum absolute atomic E-state index is 0.0208. The topological polar surface area (TPSA) is 53.0 Å². The lowest BCUT2D eigenvalue weighted by Gasteiger charge is -2.42. The summed E-state index contributed by atoms with van der Waals surface area (Å²) in [4.78, 5) is 17.1. The number of carbonyl (C=O) groups is 1. The fourth-order valence-electron chi connectivity index (χ4n) is 3.51. The minimum Gasteiger partial charge on any atom is -0.506 e. The lowest BCUT2D eigenvalue weighted by molar-refractivity contribution is -0.147. The quantitative estimate of drug-likeness (QED) is 0.855. The van der Waals surface area contributed by atoms with Gasteiger partial charge in [-0.3, -0.25) is 4.79 Å². The highest BCUT2D eigenvalue weighted by Crippen LogP contribution is 2.31. The summed E-state index contributed by atoms with van der Waals surface area (Å²) in [5.41, 5.74) is 1.85. The Morgan fingerprint density at radius 1 is 1.26 bits per heavy atom. The SMILES string of the molecule is CN(C)C[C@@H]1OCCN(C(=O)Cc2ccc(O)c(Cl)c2)[C@H]1c1ccccc1. The van der Waals surface area contributed by atoms with E-state index in [1.165, 1.54) is 6.07 Å². The van der Waals surface area contributed by atoms with Crippen LogP contribution in [0.15, 0.2) is 48.5 Å². The van der Waals surface area contributed by atoms with Gasteiger partial charge in [0.2, 0.25) is 5.91 Å². The number of halogens is 1. The highest BCUT2D eigenvalue weighted by Gasteiger charge is 2.36. The summed E-state index contributed by atoms with van der Waals surface area (Å²) < 4.78 is 6.03. The molecule has 1 aliphatic heterocycles. The first-order chi connectivity index (χ1) is 13.0. The zero-order valence-electron chi connectivity index (χ0n) is 15.6. The zero-order valence-corrected chi connectivity index (χ0v) is 16.4. The number of rotatable bonds is 5. The molecule has 0 saturated carbocycles. The number of aromatic hydroxyl groups is 1. The molecule has 2 atom stereocenters. The monoisotopic (exact) mass is 388 g/mol. The molecule has 1 saturated heterocycles. The van der Waals surface area contributed by atoms with E-state index in [9.17, 15) is 9.90 Å². The molecule has 0 radical (unpaired) electrons. The van der Waals surface area contributed by atoms with E-state index >= 15 is 0 Å². The Morgan fingerprint density at radius 3 is 2.67 bits per heavy atom. The maximum absolute atomic E-state index is 13.1. The van der Waals surface area contributed by atoms with Gasteiger partial charge in [0.25, 0.3) is 0 Å². The largest absolute Gasteiger partial charge is 0.506 e. The van der Waals surface area contributed by atoms with E-state index in [1.807, 2.05) is 49.3 Å². The van der Waals surface area contributed by atoms with Gasteiger partial charge in [-0.05, 0) is 37.4 Å². The minimum atomic E-state index is -0.137. The van der Waals surface area contributed by atoms with Crippen molar-refractivity contribution >= 4 is 17.5 Å². The molecule has 144 valence electrons. The van der Waals surface area contributed by atoms with Crippen LogP contribution in [0, 0.1) is 0 Å². The third-order valence-electron chi connectivity index (χ3n) is 4.73. The molecular weight excluding hydrogens is 364 g/mol. The van der Waals surface area contributed by atoms with Crippen LogP contribution in [0.3, 0.4) is 0 Å². The molecule has 2 aromatic carbocycles. The Bertz CT molecular complexity index is 782. The first kappa shape index (κ1) is 19.7.